The summed E-state index contributed by atoms with van der Waals surface area (Å²) in [5, 5.41) is 3.54. The van der Waals surface area contributed by atoms with Crippen molar-refractivity contribution in [3.8, 4) is 5.75 Å². The first-order valence-electron chi connectivity index (χ1n) is 9.02. The van der Waals surface area contributed by atoms with Gasteiger partial charge in [-0.25, -0.2) is 0 Å². The van der Waals surface area contributed by atoms with Crippen LogP contribution in [-0.4, -0.2) is 32.1 Å². The predicted octanol–water partition coefficient (Wildman–Crippen LogP) is 4.71. The number of guanidine groups is 1. The summed E-state index contributed by atoms with van der Waals surface area (Å²) in [4.78, 5) is 4.48. The minimum atomic E-state index is -4.73. The van der Waals surface area contributed by atoms with Crippen LogP contribution in [0.15, 0.2) is 53.5 Å². The molecule has 0 aromatic heterocycles. The third-order valence-electron chi connectivity index (χ3n) is 4.80. The first kappa shape index (κ1) is 21.3. The van der Waals surface area contributed by atoms with E-state index in [0.29, 0.717) is 30.5 Å². The lowest BCUT2D eigenvalue weighted by Crippen LogP contribution is -2.38. The molecule has 0 spiro atoms. The number of anilines is 1. The third-order valence-corrected chi connectivity index (χ3v) is 5.03. The van der Waals surface area contributed by atoms with Crippen molar-refractivity contribution in [3.05, 3.63) is 59.1 Å². The monoisotopic (exact) mass is 427 g/mol. The van der Waals surface area contributed by atoms with Crippen molar-refractivity contribution < 1.29 is 22.6 Å². The van der Waals surface area contributed by atoms with Crippen LogP contribution in [0.25, 0.3) is 0 Å². The fourth-order valence-electron chi connectivity index (χ4n) is 3.28. The van der Waals surface area contributed by atoms with Crippen LogP contribution < -0.4 is 15.8 Å². The number of hydrogen-bond acceptors (Lipinski definition) is 3. The fraction of sp³-hybridized carbons (Fsp3) is 0.350. The Hall–Kier alpha value is -2.45. The van der Waals surface area contributed by atoms with Gasteiger partial charge in [-0.05, 0) is 54.8 Å². The Balaban J connectivity index is 1.69. The lowest BCUT2D eigenvalue weighted by molar-refractivity contribution is -0.274. The van der Waals surface area contributed by atoms with Gasteiger partial charge >= 0.3 is 6.36 Å². The molecule has 2 aromatic rings. The van der Waals surface area contributed by atoms with Crippen molar-refractivity contribution in [3.63, 3.8) is 0 Å². The number of ether oxygens (including phenoxy) is 2. The number of hydrogen-bond donors (Lipinski definition) is 2. The Labute approximate surface area is 171 Å². The lowest BCUT2D eigenvalue weighted by atomic mass is 9.74. The summed E-state index contributed by atoms with van der Waals surface area (Å²) in [5.41, 5.74) is 7.35. The zero-order valence-electron chi connectivity index (χ0n) is 15.5. The van der Waals surface area contributed by atoms with E-state index in [1.807, 2.05) is 24.3 Å². The standard InChI is InChI=1S/C20H21ClF3N3O2/c21-15-3-1-2-14(12-15)19(8-10-28-11-9-19)13-26-18(25)27-16-4-6-17(7-5-16)29-20(22,23)24/h1-7,12H,8-11,13H2,(H3,25,26,27). The van der Waals surface area contributed by atoms with Gasteiger partial charge in [0.15, 0.2) is 5.96 Å². The highest BCUT2D eigenvalue weighted by Crippen LogP contribution is 2.36. The second-order valence-corrected chi connectivity index (χ2v) is 7.24. The van der Waals surface area contributed by atoms with Crippen LogP contribution in [0.4, 0.5) is 18.9 Å². The van der Waals surface area contributed by atoms with Crippen molar-refractivity contribution in [1.29, 1.82) is 0 Å². The van der Waals surface area contributed by atoms with Crippen molar-refractivity contribution in [1.82, 2.24) is 0 Å². The van der Waals surface area contributed by atoms with Crippen LogP contribution in [0.5, 0.6) is 5.75 Å². The summed E-state index contributed by atoms with van der Waals surface area (Å²) in [7, 11) is 0. The molecule has 1 saturated heterocycles. The van der Waals surface area contributed by atoms with Gasteiger partial charge in [0, 0.05) is 29.3 Å². The number of alkyl halides is 3. The second kappa shape index (κ2) is 8.92. The Kier molecular flexibility index (Phi) is 6.54. The summed E-state index contributed by atoms with van der Waals surface area (Å²) in [6.45, 7) is 1.68. The molecule has 0 amide bonds. The van der Waals surface area contributed by atoms with Crippen LogP contribution in [-0.2, 0) is 10.2 Å². The zero-order valence-corrected chi connectivity index (χ0v) is 16.3. The number of benzene rings is 2. The van der Waals surface area contributed by atoms with Crippen molar-refractivity contribution in [2.45, 2.75) is 24.6 Å². The summed E-state index contributed by atoms with van der Waals surface area (Å²) in [5.74, 6) is -0.136. The number of nitrogens with one attached hydrogen (secondary N) is 1. The number of halogens is 4. The molecule has 3 rings (SSSR count). The van der Waals surface area contributed by atoms with Gasteiger partial charge in [-0.1, -0.05) is 23.7 Å². The summed E-state index contributed by atoms with van der Waals surface area (Å²) in [6, 6.07) is 13.0. The molecule has 0 radical (unpaired) electrons. The lowest BCUT2D eigenvalue weighted by Gasteiger charge is -2.36. The fourth-order valence-corrected chi connectivity index (χ4v) is 3.47. The van der Waals surface area contributed by atoms with Crippen LogP contribution in [0.2, 0.25) is 5.02 Å². The highest BCUT2D eigenvalue weighted by molar-refractivity contribution is 6.30. The zero-order chi connectivity index (χ0) is 20.9. The van der Waals surface area contributed by atoms with Crippen molar-refractivity contribution in [2.24, 2.45) is 10.7 Å². The maximum atomic E-state index is 12.2. The van der Waals surface area contributed by atoms with Crippen LogP contribution in [0.3, 0.4) is 0 Å². The van der Waals surface area contributed by atoms with Gasteiger partial charge in [-0.3, -0.25) is 4.99 Å². The molecule has 1 heterocycles. The quantitative estimate of drug-likeness (QED) is 0.535. The van der Waals surface area contributed by atoms with Gasteiger partial charge in [-0.2, -0.15) is 0 Å². The number of nitrogens with two attached hydrogens (primary N) is 1. The highest BCUT2D eigenvalue weighted by Gasteiger charge is 2.34. The highest BCUT2D eigenvalue weighted by atomic mass is 35.5. The first-order valence-corrected chi connectivity index (χ1v) is 9.40. The maximum Gasteiger partial charge on any atom is 0.573 e. The molecule has 0 bridgehead atoms. The van der Waals surface area contributed by atoms with Crippen LogP contribution >= 0.6 is 11.6 Å². The Morgan fingerprint density at radius 1 is 1.17 bits per heavy atom. The average Bonchev–Trinajstić information content (AvgIpc) is 2.68. The van der Waals surface area contributed by atoms with E-state index in [1.165, 1.54) is 24.3 Å². The molecule has 3 N–H and O–H groups in total. The SMILES string of the molecule is NC(=NCC1(c2cccc(Cl)c2)CCOCC1)Nc1ccc(OC(F)(F)F)cc1. The summed E-state index contributed by atoms with van der Waals surface area (Å²) >= 11 is 6.16. The van der Waals surface area contributed by atoms with Crippen molar-refractivity contribution in [2.75, 3.05) is 25.1 Å². The molecular formula is C20H21ClF3N3O2. The van der Waals surface area contributed by atoms with E-state index in [9.17, 15) is 13.2 Å². The molecule has 0 saturated carbocycles. The molecule has 5 nitrogen and oxygen atoms in total. The van der Waals surface area contributed by atoms with Gasteiger partial charge in [0.2, 0.25) is 0 Å². The second-order valence-electron chi connectivity index (χ2n) is 6.80. The molecule has 29 heavy (non-hydrogen) atoms. The van der Waals surface area contributed by atoms with Gasteiger partial charge in [-0.15, -0.1) is 13.2 Å². The van der Waals surface area contributed by atoms with E-state index in [0.717, 1.165) is 18.4 Å². The van der Waals surface area contributed by atoms with E-state index >= 15 is 0 Å². The topological polar surface area (TPSA) is 68.9 Å². The molecule has 1 aliphatic heterocycles. The van der Waals surface area contributed by atoms with E-state index in [1.54, 1.807) is 0 Å². The Bertz CT molecular complexity index is 851. The number of nitrogens with zero attached hydrogens (tertiary/aromatic N) is 1. The molecule has 1 aliphatic rings. The van der Waals surface area contributed by atoms with Crippen molar-refractivity contribution >= 4 is 23.2 Å². The summed E-state index contributed by atoms with van der Waals surface area (Å²) in [6.07, 6.45) is -3.16. The van der Waals surface area contributed by atoms with E-state index in [4.69, 9.17) is 22.1 Å². The van der Waals surface area contributed by atoms with Crippen LogP contribution in [0.1, 0.15) is 18.4 Å². The van der Waals surface area contributed by atoms with E-state index < -0.39 is 6.36 Å². The molecule has 0 atom stereocenters. The normalized spacial score (nSPS) is 17.0. The first-order chi connectivity index (χ1) is 13.8. The predicted molar refractivity (Wildman–Crippen MR) is 106 cm³/mol. The number of aliphatic imine (C=N–C) groups is 1. The Morgan fingerprint density at radius 2 is 1.86 bits per heavy atom. The summed E-state index contributed by atoms with van der Waals surface area (Å²) < 4.78 is 46.1. The third kappa shape index (κ3) is 6.01. The molecule has 9 heteroatoms. The number of rotatable bonds is 5. The molecular weight excluding hydrogens is 407 g/mol. The average molecular weight is 428 g/mol. The Morgan fingerprint density at radius 3 is 2.48 bits per heavy atom. The molecule has 1 fully saturated rings. The molecule has 0 aliphatic carbocycles. The maximum absolute atomic E-state index is 12.2. The molecule has 2 aromatic carbocycles. The van der Waals surface area contributed by atoms with Crippen LogP contribution in [0, 0.1) is 0 Å². The molecule has 156 valence electrons. The van der Waals surface area contributed by atoms with Gasteiger partial charge in [0.05, 0.1) is 6.54 Å². The molecule has 0 unspecified atom stereocenters. The van der Waals surface area contributed by atoms with Gasteiger partial charge < -0.3 is 20.5 Å². The minimum absolute atomic E-state index is 0.169. The van der Waals surface area contributed by atoms with E-state index in [2.05, 4.69) is 15.0 Å². The van der Waals surface area contributed by atoms with Gasteiger partial charge in [0.1, 0.15) is 5.75 Å². The van der Waals surface area contributed by atoms with E-state index in [-0.39, 0.29) is 17.1 Å². The minimum Gasteiger partial charge on any atom is -0.406 e. The largest absolute Gasteiger partial charge is 0.573 e. The van der Waals surface area contributed by atoms with Gasteiger partial charge in [0.25, 0.3) is 0 Å². The smallest absolute Gasteiger partial charge is 0.406 e.